The third kappa shape index (κ3) is 5.68. The number of anilines is 3. The van der Waals surface area contributed by atoms with E-state index in [4.69, 9.17) is 14.7 Å². The lowest BCUT2D eigenvalue weighted by molar-refractivity contribution is -0.137. The molecule has 2 aliphatic heterocycles. The number of halogens is 3. The lowest BCUT2D eigenvalue weighted by Gasteiger charge is -2.37. The van der Waals surface area contributed by atoms with E-state index in [1.165, 1.54) is 18.3 Å². The molecule has 0 aliphatic carbocycles. The second-order valence-corrected chi connectivity index (χ2v) is 11.2. The average molecular weight is 549 g/mol. The summed E-state index contributed by atoms with van der Waals surface area (Å²) in [5, 5.41) is 0. The number of benzene rings is 1. The summed E-state index contributed by atoms with van der Waals surface area (Å²) in [5.74, 6) is 1.05. The van der Waals surface area contributed by atoms with Crippen LogP contribution in [0, 0.1) is 0 Å². The molecular formula is C25H27F3N6O3S. The standard InChI is InChI=1S/C25H27F3N6O3S/c1-38(35,36)19-5-2-4-18(16-19)21-17-22(31-24(30-21)34-12-14-37-15-13-34)32-8-10-33(11-9-32)23-20(25(26,27)28)6-3-7-29-23/h2-7,16-17H,8-15H2,1H3. The SMILES string of the molecule is CS(=O)(=O)c1cccc(-c2cc(N3CCN(c4ncccc4C(F)(F)F)CC3)nc(N3CCOCC3)n2)c1. The summed E-state index contributed by atoms with van der Waals surface area (Å²) in [6, 6.07) is 10.7. The molecule has 2 fully saturated rings. The Balaban J connectivity index is 1.45. The number of pyridine rings is 1. The molecule has 0 bridgehead atoms. The van der Waals surface area contributed by atoms with E-state index >= 15 is 0 Å². The van der Waals surface area contributed by atoms with Crippen LogP contribution in [0.1, 0.15) is 5.56 Å². The van der Waals surface area contributed by atoms with Gasteiger partial charge in [-0.25, -0.2) is 18.4 Å². The van der Waals surface area contributed by atoms with Crippen molar-refractivity contribution in [1.82, 2.24) is 15.0 Å². The molecule has 38 heavy (non-hydrogen) atoms. The smallest absolute Gasteiger partial charge is 0.378 e. The molecule has 2 aromatic heterocycles. The number of morpholine rings is 1. The third-order valence-electron chi connectivity index (χ3n) is 6.55. The number of hydrogen-bond donors (Lipinski definition) is 0. The maximum Gasteiger partial charge on any atom is 0.419 e. The first-order valence-electron chi connectivity index (χ1n) is 12.1. The molecule has 0 N–H and O–H groups in total. The van der Waals surface area contributed by atoms with Gasteiger partial charge in [-0.2, -0.15) is 18.2 Å². The fourth-order valence-corrected chi connectivity index (χ4v) is 5.21. The summed E-state index contributed by atoms with van der Waals surface area (Å²) in [7, 11) is -3.41. The van der Waals surface area contributed by atoms with Gasteiger partial charge in [-0.05, 0) is 24.3 Å². The molecule has 5 rings (SSSR count). The van der Waals surface area contributed by atoms with Crippen molar-refractivity contribution in [3.63, 3.8) is 0 Å². The Morgan fingerprint density at radius 1 is 0.868 bits per heavy atom. The Labute approximate surface area is 218 Å². The van der Waals surface area contributed by atoms with Gasteiger partial charge in [0.15, 0.2) is 9.84 Å². The molecule has 0 unspecified atom stereocenters. The normalized spacial score (nSPS) is 17.1. The van der Waals surface area contributed by atoms with Crippen molar-refractivity contribution in [3.05, 3.63) is 54.2 Å². The Morgan fingerprint density at radius 3 is 2.26 bits per heavy atom. The van der Waals surface area contributed by atoms with Gasteiger partial charge >= 0.3 is 6.18 Å². The monoisotopic (exact) mass is 548 g/mol. The Kier molecular flexibility index (Phi) is 7.14. The predicted molar refractivity (Wildman–Crippen MR) is 137 cm³/mol. The van der Waals surface area contributed by atoms with Gasteiger partial charge in [0.05, 0.1) is 29.4 Å². The third-order valence-corrected chi connectivity index (χ3v) is 7.66. The zero-order valence-electron chi connectivity index (χ0n) is 20.7. The van der Waals surface area contributed by atoms with E-state index in [-0.39, 0.29) is 10.7 Å². The van der Waals surface area contributed by atoms with Crippen LogP contribution in [0.15, 0.2) is 53.6 Å². The molecule has 4 heterocycles. The van der Waals surface area contributed by atoms with E-state index in [1.54, 1.807) is 29.2 Å². The van der Waals surface area contributed by atoms with Gasteiger partial charge in [0, 0.05) is 63.4 Å². The van der Waals surface area contributed by atoms with Crippen LogP contribution >= 0.6 is 0 Å². The summed E-state index contributed by atoms with van der Waals surface area (Å²) in [6.07, 6.45) is -1.97. The van der Waals surface area contributed by atoms with Gasteiger partial charge in [-0.3, -0.25) is 0 Å². The van der Waals surface area contributed by atoms with Crippen molar-refractivity contribution in [1.29, 1.82) is 0 Å². The average Bonchev–Trinajstić information content (AvgIpc) is 2.92. The number of piperazine rings is 1. The molecule has 202 valence electrons. The molecule has 0 spiro atoms. The van der Waals surface area contributed by atoms with Crippen molar-refractivity contribution in [2.75, 3.05) is 73.4 Å². The van der Waals surface area contributed by atoms with Crippen molar-refractivity contribution >= 4 is 27.4 Å². The first-order valence-corrected chi connectivity index (χ1v) is 14.0. The summed E-state index contributed by atoms with van der Waals surface area (Å²) in [5.41, 5.74) is 0.444. The molecule has 0 saturated carbocycles. The van der Waals surface area contributed by atoms with Gasteiger partial charge in [0.25, 0.3) is 0 Å². The van der Waals surface area contributed by atoms with E-state index in [2.05, 4.69) is 4.98 Å². The minimum absolute atomic E-state index is 0.0744. The van der Waals surface area contributed by atoms with Gasteiger partial charge in [-0.1, -0.05) is 12.1 Å². The van der Waals surface area contributed by atoms with Crippen molar-refractivity contribution < 1.29 is 26.3 Å². The molecule has 9 nitrogen and oxygen atoms in total. The van der Waals surface area contributed by atoms with Crippen LogP contribution in [-0.4, -0.2) is 82.1 Å². The first-order chi connectivity index (χ1) is 18.1. The van der Waals surface area contributed by atoms with Crippen molar-refractivity contribution in [2.45, 2.75) is 11.1 Å². The number of sulfone groups is 1. The van der Waals surface area contributed by atoms with E-state index in [0.717, 1.165) is 12.3 Å². The number of aromatic nitrogens is 3. The number of hydrogen-bond acceptors (Lipinski definition) is 9. The minimum Gasteiger partial charge on any atom is -0.378 e. The van der Waals surface area contributed by atoms with E-state index in [9.17, 15) is 21.6 Å². The molecule has 13 heteroatoms. The molecular weight excluding hydrogens is 521 g/mol. The molecule has 1 aromatic carbocycles. The highest BCUT2D eigenvalue weighted by atomic mass is 32.2. The van der Waals surface area contributed by atoms with Crippen LogP contribution < -0.4 is 14.7 Å². The molecule has 0 radical (unpaired) electrons. The summed E-state index contributed by atoms with van der Waals surface area (Å²) >= 11 is 0. The van der Waals surface area contributed by atoms with Crippen LogP contribution in [0.4, 0.5) is 30.8 Å². The van der Waals surface area contributed by atoms with E-state index in [1.807, 2.05) is 9.80 Å². The Hall–Kier alpha value is -3.45. The highest BCUT2D eigenvalue weighted by Crippen LogP contribution is 2.36. The fourth-order valence-electron chi connectivity index (χ4n) is 4.54. The topological polar surface area (TPSA) is 91.8 Å². The van der Waals surface area contributed by atoms with E-state index in [0.29, 0.717) is 75.5 Å². The maximum absolute atomic E-state index is 13.5. The summed E-state index contributed by atoms with van der Waals surface area (Å²) in [6.45, 7) is 3.81. The minimum atomic E-state index is -4.49. The number of ether oxygens (including phenoxy) is 1. The van der Waals surface area contributed by atoms with Gasteiger partial charge < -0.3 is 19.4 Å². The zero-order chi connectivity index (χ0) is 26.9. The van der Waals surface area contributed by atoms with Gasteiger partial charge in [0.2, 0.25) is 5.95 Å². The van der Waals surface area contributed by atoms with Crippen molar-refractivity contribution in [2.24, 2.45) is 0 Å². The van der Waals surface area contributed by atoms with Crippen LogP contribution in [0.2, 0.25) is 0 Å². The van der Waals surface area contributed by atoms with E-state index < -0.39 is 21.6 Å². The molecule has 0 atom stereocenters. The van der Waals surface area contributed by atoms with Crippen LogP contribution in [0.3, 0.4) is 0 Å². The van der Waals surface area contributed by atoms with Crippen LogP contribution in [0.25, 0.3) is 11.3 Å². The molecule has 2 aliphatic rings. The Morgan fingerprint density at radius 2 is 1.58 bits per heavy atom. The quantitative estimate of drug-likeness (QED) is 0.477. The van der Waals surface area contributed by atoms with Crippen LogP contribution in [0.5, 0.6) is 0 Å². The summed E-state index contributed by atoms with van der Waals surface area (Å²) in [4.78, 5) is 19.4. The van der Waals surface area contributed by atoms with Gasteiger partial charge in [-0.15, -0.1) is 0 Å². The van der Waals surface area contributed by atoms with Gasteiger partial charge in [0.1, 0.15) is 11.6 Å². The first kappa shape index (κ1) is 26.2. The molecule has 0 amide bonds. The number of alkyl halides is 3. The molecule has 2 saturated heterocycles. The predicted octanol–water partition coefficient (Wildman–Crippen LogP) is 3.12. The molecule has 3 aromatic rings. The van der Waals surface area contributed by atoms with Crippen molar-refractivity contribution in [3.8, 4) is 11.3 Å². The fraction of sp³-hybridized carbons (Fsp3) is 0.400. The number of nitrogens with zero attached hydrogens (tertiary/aromatic N) is 6. The lowest BCUT2D eigenvalue weighted by Crippen LogP contribution is -2.48. The van der Waals surface area contributed by atoms with Crippen LogP contribution in [-0.2, 0) is 20.8 Å². The second-order valence-electron chi connectivity index (χ2n) is 9.16. The largest absolute Gasteiger partial charge is 0.419 e. The number of rotatable bonds is 5. The Bertz CT molecular complexity index is 1410. The highest BCUT2D eigenvalue weighted by molar-refractivity contribution is 7.90. The zero-order valence-corrected chi connectivity index (χ0v) is 21.5. The summed E-state index contributed by atoms with van der Waals surface area (Å²) < 4.78 is 70.3. The lowest BCUT2D eigenvalue weighted by atomic mass is 10.1. The maximum atomic E-state index is 13.5. The highest BCUT2D eigenvalue weighted by Gasteiger charge is 2.36. The second kappa shape index (κ2) is 10.4.